The van der Waals surface area contributed by atoms with Crippen molar-refractivity contribution in [3.05, 3.63) is 28.2 Å². The van der Waals surface area contributed by atoms with E-state index in [9.17, 15) is 9.59 Å². The molecule has 0 aliphatic heterocycles. The van der Waals surface area contributed by atoms with Gasteiger partial charge in [0.05, 0.1) is 11.6 Å². The van der Waals surface area contributed by atoms with Crippen molar-refractivity contribution >= 4 is 35.1 Å². The van der Waals surface area contributed by atoms with E-state index in [1.165, 1.54) is 6.07 Å². The SMILES string of the molecule is CCCCCOC(=O)COCC(=O)Oc1cccc(Cl)c1Cl. The van der Waals surface area contributed by atoms with Crippen molar-refractivity contribution in [1.29, 1.82) is 0 Å². The smallest absolute Gasteiger partial charge is 0.337 e. The van der Waals surface area contributed by atoms with Gasteiger partial charge in [-0.25, -0.2) is 9.59 Å². The molecule has 0 aliphatic rings. The zero-order valence-corrected chi connectivity index (χ0v) is 13.8. The molecule has 1 aromatic rings. The summed E-state index contributed by atoms with van der Waals surface area (Å²) in [5, 5.41) is 0.427. The molecular formula is C15H18Cl2O5. The lowest BCUT2D eigenvalue weighted by molar-refractivity contribution is -0.152. The third kappa shape index (κ3) is 7.11. The number of unbranched alkanes of at least 4 members (excludes halogenated alkanes) is 2. The predicted octanol–water partition coefficient (Wildman–Crippen LogP) is 3.65. The summed E-state index contributed by atoms with van der Waals surface area (Å²) >= 11 is 11.7. The summed E-state index contributed by atoms with van der Waals surface area (Å²) in [7, 11) is 0. The highest BCUT2D eigenvalue weighted by Crippen LogP contribution is 2.31. The number of hydrogen-bond donors (Lipinski definition) is 0. The van der Waals surface area contributed by atoms with E-state index >= 15 is 0 Å². The Hall–Kier alpha value is -1.30. The first-order valence-electron chi connectivity index (χ1n) is 6.92. The highest BCUT2D eigenvalue weighted by atomic mass is 35.5. The second kappa shape index (κ2) is 10.4. The molecule has 0 amide bonds. The zero-order chi connectivity index (χ0) is 16.4. The van der Waals surface area contributed by atoms with Crippen LogP contribution in [0.2, 0.25) is 10.0 Å². The quantitative estimate of drug-likeness (QED) is 0.387. The van der Waals surface area contributed by atoms with Crippen LogP contribution in [0.3, 0.4) is 0 Å². The van der Waals surface area contributed by atoms with Gasteiger partial charge in [0, 0.05) is 0 Å². The summed E-state index contributed by atoms with van der Waals surface area (Å²) in [5.41, 5.74) is 0. The van der Waals surface area contributed by atoms with Crippen molar-refractivity contribution in [3.8, 4) is 5.75 Å². The van der Waals surface area contributed by atoms with Gasteiger partial charge in [0.2, 0.25) is 0 Å². The Morgan fingerprint density at radius 2 is 1.82 bits per heavy atom. The molecule has 0 aromatic heterocycles. The Morgan fingerprint density at radius 3 is 2.55 bits per heavy atom. The number of esters is 2. The second-order valence-electron chi connectivity index (χ2n) is 4.45. The van der Waals surface area contributed by atoms with Crippen molar-refractivity contribution in [2.75, 3.05) is 19.8 Å². The van der Waals surface area contributed by atoms with Crippen molar-refractivity contribution in [2.24, 2.45) is 0 Å². The summed E-state index contributed by atoms with van der Waals surface area (Å²) in [6.45, 7) is 1.73. The van der Waals surface area contributed by atoms with Crippen LogP contribution in [0.4, 0.5) is 0 Å². The molecule has 0 atom stereocenters. The van der Waals surface area contributed by atoms with Gasteiger partial charge in [0.15, 0.2) is 5.75 Å². The van der Waals surface area contributed by atoms with E-state index in [-0.39, 0.29) is 29.0 Å². The van der Waals surface area contributed by atoms with E-state index in [2.05, 4.69) is 6.92 Å². The molecule has 0 saturated carbocycles. The first-order valence-corrected chi connectivity index (χ1v) is 7.68. The molecule has 0 spiro atoms. The van der Waals surface area contributed by atoms with E-state index in [1.54, 1.807) is 12.1 Å². The van der Waals surface area contributed by atoms with Crippen molar-refractivity contribution in [2.45, 2.75) is 26.2 Å². The monoisotopic (exact) mass is 348 g/mol. The van der Waals surface area contributed by atoms with Gasteiger partial charge < -0.3 is 14.2 Å². The third-order valence-electron chi connectivity index (χ3n) is 2.59. The molecule has 5 nitrogen and oxygen atoms in total. The number of benzene rings is 1. The topological polar surface area (TPSA) is 61.8 Å². The van der Waals surface area contributed by atoms with Crippen LogP contribution < -0.4 is 4.74 Å². The Morgan fingerprint density at radius 1 is 1.09 bits per heavy atom. The van der Waals surface area contributed by atoms with Crippen molar-refractivity contribution in [1.82, 2.24) is 0 Å². The van der Waals surface area contributed by atoms with Crippen LogP contribution in [0.15, 0.2) is 18.2 Å². The molecule has 22 heavy (non-hydrogen) atoms. The van der Waals surface area contributed by atoms with E-state index in [0.29, 0.717) is 6.61 Å². The average molecular weight is 349 g/mol. The minimum atomic E-state index is -0.678. The Balaban J connectivity index is 2.23. The van der Waals surface area contributed by atoms with Crippen molar-refractivity contribution < 1.29 is 23.8 Å². The number of carbonyl (C=O) groups is 2. The average Bonchev–Trinajstić information content (AvgIpc) is 2.48. The Kier molecular flexibility index (Phi) is 8.89. The fourth-order valence-electron chi connectivity index (χ4n) is 1.51. The first-order chi connectivity index (χ1) is 10.5. The summed E-state index contributed by atoms with van der Waals surface area (Å²) in [6.07, 6.45) is 2.87. The van der Waals surface area contributed by atoms with Crippen LogP contribution >= 0.6 is 23.2 Å². The molecule has 0 bridgehead atoms. The minimum Gasteiger partial charge on any atom is -0.464 e. The molecule has 122 valence electrons. The highest BCUT2D eigenvalue weighted by Gasteiger charge is 2.12. The molecule has 0 unspecified atom stereocenters. The Bertz CT molecular complexity index is 505. The van der Waals surface area contributed by atoms with E-state index in [4.69, 9.17) is 37.4 Å². The molecule has 0 fully saturated rings. The number of halogens is 2. The first kappa shape index (κ1) is 18.7. The van der Waals surface area contributed by atoms with Crippen LogP contribution in [0, 0.1) is 0 Å². The molecule has 0 aliphatic carbocycles. The molecule has 1 rings (SSSR count). The highest BCUT2D eigenvalue weighted by molar-refractivity contribution is 6.43. The molecule has 0 heterocycles. The number of hydrogen-bond acceptors (Lipinski definition) is 5. The fourth-order valence-corrected chi connectivity index (χ4v) is 1.84. The number of rotatable bonds is 9. The van der Waals surface area contributed by atoms with Crippen LogP contribution in [0.25, 0.3) is 0 Å². The summed E-state index contributed by atoms with van der Waals surface area (Å²) in [4.78, 5) is 22.9. The minimum absolute atomic E-state index is 0.143. The largest absolute Gasteiger partial charge is 0.464 e. The lowest BCUT2D eigenvalue weighted by atomic mass is 10.3. The molecule has 1 aromatic carbocycles. The van der Waals surface area contributed by atoms with Gasteiger partial charge in [-0.3, -0.25) is 0 Å². The second-order valence-corrected chi connectivity index (χ2v) is 5.23. The number of ether oxygens (including phenoxy) is 3. The van der Waals surface area contributed by atoms with E-state index in [0.717, 1.165) is 19.3 Å². The van der Waals surface area contributed by atoms with Crippen LogP contribution in [-0.2, 0) is 19.1 Å². The molecular weight excluding hydrogens is 331 g/mol. The molecule has 7 heteroatoms. The molecule has 0 radical (unpaired) electrons. The van der Waals surface area contributed by atoms with Gasteiger partial charge in [0.25, 0.3) is 0 Å². The molecule has 0 saturated heterocycles. The maximum atomic E-state index is 11.6. The van der Waals surface area contributed by atoms with Gasteiger partial charge >= 0.3 is 11.9 Å². The summed E-state index contributed by atoms with van der Waals surface area (Å²) in [6, 6.07) is 4.69. The number of carbonyl (C=O) groups excluding carboxylic acids is 2. The zero-order valence-electron chi connectivity index (χ0n) is 12.3. The van der Waals surface area contributed by atoms with Gasteiger partial charge in [0.1, 0.15) is 18.2 Å². The lowest BCUT2D eigenvalue weighted by Gasteiger charge is -2.08. The molecule has 0 N–H and O–H groups in total. The van der Waals surface area contributed by atoms with Crippen molar-refractivity contribution in [3.63, 3.8) is 0 Å². The normalized spacial score (nSPS) is 10.3. The van der Waals surface area contributed by atoms with Crippen LogP contribution in [-0.4, -0.2) is 31.8 Å². The van der Waals surface area contributed by atoms with Crippen LogP contribution in [0.5, 0.6) is 5.75 Å². The predicted molar refractivity (Wildman–Crippen MR) is 83.4 cm³/mol. The van der Waals surface area contributed by atoms with Gasteiger partial charge in [-0.15, -0.1) is 0 Å². The lowest BCUT2D eigenvalue weighted by Crippen LogP contribution is -2.20. The summed E-state index contributed by atoms with van der Waals surface area (Å²) in [5.74, 6) is -1.04. The maximum absolute atomic E-state index is 11.6. The third-order valence-corrected chi connectivity index (χ3v) is 3.39. The maximum Gasteiger partial charge on any atom is 0.337 e. The van der Waals surface area contributed by atoms with E-state index in [1.807, 2.05) is 0 Å². The van der Waals surface area contributed by atoms with Gasteiger partial charge in [-0.1, -0.05) is 49.0 Å². The van der Waals surface area contributed by atoms with Gasteiger partial charge in [-0.05, 0) is 18.6 Å². The van der Waals surface area contributed by atoms with E-state index < -0.39 is 11.9 Å². The van der Waals surface area contributed by atoms with Gasteiger partial charge in [-0.2, -0.15) is 0 Å². The standard InChI is InChI=1S/C15H18Cl2O5/c1-2-3-4-8-21-13(18)9-20-10-14(19)22-12-7-5-6-11(16)15(12)17/h5-7H,2-4,8-10H2,1H3. The fraction of sp³-hybridized carbons (Fsp3) is 0.467. The summed E-state index contributed by atoms with van der Waals surface area (Å²) < 4.78 is 14.8. The van der Waals surface area contributed by atoms with Crippen LogP contribution in [0.1, 0.15) is 26.2 Å². The Labute approximate surface area is 139 Å².